The number of nitrogens with one attached hydrogen (secondary N) is 1. The van der Waals surface area contributed by atoms with E-state index < -0.39 is 0 Å². The van der Waals surface area contributed by atoms with Gasteiger partial charge in [-0.2, -0.15) is 5.10 Å². The van der Waals surface area contributed by atoms with Crippen molar-refractivity contribution in [2.75, 3.05) is 13.1 Å². The van der Waals surface area contributed by atoms with Crippen LogP contribution in [-0.4, -0.2) is 38.4 Å². The molecule has 0 bridgehead atoms. The minimum absolute atomic E-state index is 0.00365. The van der Waals surface area contributed by atoms with E-state index in [9.17, 15) is 9.59 Å². The van der Waals surface area contributed by atoms with Gasteiger partial charge in [-0.05, 0) is 37.1 Å². The molecule has 2 amide bonds. The standard InChI is InChI=1S/C19H27N5O2S/c1-22-19(26)24(15-5-2-3-6-15)17(21-22)14-8-10-23(11-9-14)18(25)20-13-16-7-4-12-27-16/h4,7,12,14-15H,2-3,5-6,8-11,13H2,1H3,(H,20,25). The lowest BCUT2D eigenvalue weighted by Gasteiger charge is -2.32. The van der Waals surface area contributed by atoms with Crippen molar-refractivity contribution in [3.8, 4) is 0 Å². The Kier molecular flexibility index (Phi) is 5.33. The van der Waals surface area contributed by atoms with Gasteiger partial charge in [-0.1, -0.05) is 18.9 Å². The van der Waals surface area contributed by atoms with Crippen LogP contribution in [0.3, 0.4) is 0 Å². The summed E-state index contributed by atoms with van der Waals surface area (Å²) in [6, 6.07) is 4.32. The topological polar surface area (TPSA) is 72.2 Å². The Bertz CT molecular complexity index is 827. The Hall–Kier alpha value is -2.09. The molecule has 1 aliphatic carbocycles. The van der Waals surface area contributed by atoms with Crippen LogP contribution in [0, 0.1) is 0 Å². The Morgan fingerprint density at radius 3 is 2.67 bits per heavy atom. The van der Waals surface area contributed by atoms with Gasteiger partial charge in [0.15, 0.2) is 0 Å². The average molecular weight is 390 g/mol. The number of aryl methyl sites for hydroxylation is 1. The molecule has 0 atom stereocenters. The zero-order valence-electron chi connectivity index (χ0n) is 15.8. The quantitative estimate of drug-likeness (QED) is 0.874. The van der Waals surface area contributed by atoms with Crippen molar-refractivity contribution < 1.29 is 4.79 Å². The van der Waals surface area contributed by atoms with Crippen molar-refractivity contribution in [2.45, 2.75) is 57.0 Å². The normalized spacial score (nSPS) is 18.9. The number of hydrogen-bond acceptors (Lipinski definition) is 4. The summed E-state index contributed by atoms with van der Waals surface area (Å²) in [7, 11) is 1.74. The molecular weight excluding hydrogens is 362 g/mol. The Morgan fingerprint density at radius 1 is 1.26 bits per heavy atom. The van der Waals surface area contributed by atoms with E-state index in [0.29, 0.717) is 25.7 Å². The van der Waals surface area contributed by atoms with E-state index in [1.807, 2.05) is 27.0 Å². The highest BCUT2D eigenvalue weighted by Crippen LogP contribution is 2.33. The van der Waals surface area contributed by atoms with E-state index in [0.717, 1.165) is 36.4 Å². The molecular formula is C19H27N5O2S. The Labute approximate surface area is 163 Å². The molecule has 2 fully saturated rings. The van der Waals surface area contributed by atoms with Crippen LogP contribution in [0.2, 0.25) is 0 Å². The Balaban J connectivity index is 1.38. The zero-order chi connectivity index (χ0) is 18.8. The minimum Gasteiger partial charge on any atom is -0.333 e. The number of piperidine rings is 1. The lowest BCUT2D eigenvalue weighted by molar-refractivity contribution is 0.179. The maximum Gasteiger partial charge on any atom is 0.345 e. The fourth-order valence-corrected chi connectivity index (χ4v) is 4.96. The molecule has 1 N–H and O–H groups in total. The van der Waals surface area contributed by atoms with Crippen molar-refractivity contribution in [1.82, 2.24) is 24.6 Å². The number of carbonyl (C=O) groups excluding carboxylic acids is 1. The molecule has 7 nitrogen and oxygen atoms in total. The second-order valence-electron chi connectivity index (χ2n) is 7.57. The second kappa shape index (κ2) is 7.88. The summed E-state index contributed by atoms with van der Waals surface area (Å²) in [5, 5.41) is 9.59. The molecule has 1 saturated carbocycles. The van der Waals surface area contributed by atoms with E-state index in [4.69, 9.17) is 0 Å². The van der Waals surface area contributed by atoms with Crippen LogP contribution >= 0.6 is 11.3 Å². The molecule has 0 aromatic carbocycles. The molecule has 4 rings (SSSR count). The lowest BCUT2D eigenvalue weighted by atomic mass is 9.95. The molecule has 8 heteroatoms. The largest absolute Gasteiger partial charge is 0.345 e. The highest BCUT2D eigenvalue weighted by Gasteiger charge is 2.31. The first-order valence-corrected chi connectivity index (χ1v) is 10.7. The molecule has 0 spiro atoms. The number of urea groups is 1. The van der Waals surface area contributed by atoms with Crippen LogP contribution < -0.4 is 11.0 Å². The summed E-state index contributed by atoms with van der Waals surface area (Å²) in [5.41, 5.74) is 0.00743. The molecule has 1 saturated heterocycles. The van der Waals surface area contributed by atoms with Gasteiger partial charge in [-0.25, -0.2) is 14.3 Å². The predicted molar refractivity (Wildman–Crippen MR) is 105 cm³/mol. The summed E-state index contributed by atoms with van der Waals surface area (Å²) >= 11 is 1.65. The average Bonchev–Trinajstić information content (AvgIpc) is 3.43. The number of amides is 2. The molecule has 0 radical (unpaired) electrons. The summed E-state index contributed by atoms with van der Waals surface area (Å²) in [6.45, 7) is 1.99. The van der Waals surface area contributed by atoms with Gasteiger partial charge in [0.25, 0.3) is 0 Å². The van der Waals surface area contributed by atoms with Crippen molar-refractivity contribution in [1.29, 1.82) is 0 Å². The number of thiophene rings is 1. The van der Waals surface area contributed by atoms with Crippen LogP contribution in [0.5, 0.6) is 0 Å². The number of likely N-dealkylation sites (tertiary alicyclic amines) is 1. The summed E-state index contributed by atoms with van der Waals surface area (Å²) < 4.78 is 3.43. The highest BCUT2D eigenvalue weighted by molar-refractivity contribution is 7.09. The summed E-state index contributed by atoms with van der Waals surface area (Å²) in [5.74, 6) is 1.17. The Morgan fingerprint density at radius 2 is 2.00 bits per heavy atom. The van der Waals surface area contributed by atoms with E-state index in [-0.39, 0.29) is 17.6 Å². The summed E-state index contributed by atoms with van der Waals surface area (Å²) in [6.07, 6.45) is 6.24. The smallest absolute Gasteiger partial charge is 0.333 e. The van der Waals surface area contributed by atoms with Gasteiger partial charge in [0.05, 0.1) is 6.54 Å². The van der Waals surface area contributed by atoms with Gasteiger partial charge in [-0.3, -0.25) is 4.57 Å². The monoisotopic (exact) mass is 389 g/mol. The molecule has 2 aliphatic rings. The van der Waals surface area contributed by atoms with Crippen molar-refractivity contribution in [2.24, 2.45) is 7.05 Å². The first-order chi connectivity index (χ1) is 13.1. The van der Waals surface area contributed by atoms with Crippen LogP contribution in [0.1, 0.15) is 61.2 Å². The number of nitrogens with zero attached hydrogens (tertiary/aromatic N) is 4. The fraction of sp³-hybridized carbons (Fsp3) is 0.632. The first-order valence-electron chi connectivity index (χ1n) is 9.84. The van der Waals surface area contributed by atoms with Crippen molar-refractivity contribution in [3.63, 3.8) is 0 Å². The van der Waals surface area contributed by atoms with Gasteiger partial charge in [0.2, 0.25) is 0 Å². The number of hydrogen-bond donors (Lipinski definition) is 1. The second-order valence-corrected chi connectivity index (χ2v) is 8.60. The minimum atomic E-state index is -0.00365. The van der Waals surface area contributed by atoms with Crippen LogP contribution in [0.4, 0.5) is 4.79 Å². The SMILES string of the molecule is Cn1nc(C2CCN(C(=O)NCc3cccs3)CC2)n(C2CCCC2)c1=O. The first kappa shape index (κ1) is 18.3. The third-order valence-electron chi connectivity index (χ3n) is 5.81. The van der Waals surface area contributed by atoms with Gasteiger partial charge in [-0.15, -0.1) is 11.3 Å². The predicted octanol–water partition coefficient (Wildman–Crippen LogP) is 2.85. The zero-order valence-corrected chi connectivity index (χ0v) is 16.6. The maximum atomic E-state index is 12.6. The maximum absolute atomic E-state index is 12.6. The summed E-state index contributed by atoms with van der Waals surface area (Å²) in [4.78, 5) is 28.0. The fourth-order valence-electron chi connectivity index (χ4n) is 4.31. The van der Waals surface area contributed by atoms with E-state index in [2.05, 4.69) is 10.4 Å². The van der Waals surface area contributed by atoms with Crippen LogP contribution in [-0.2, 0) is 13.6 Å². The molecule has 0 unspecified atom stereocenters. The molecule has 27 heavy (non-hydrogen) atoms. The number of aromatic nitrogens is 3. The van der Waals surface area contributed by atoms with Gasteiger partial charge < -0.3 is 10.2 Å². The van der Waals surface area contributed by atoms with Gasteiger partial charge >= 0.3 is 11.7 Å². The molecule has 1 aliphatic heterocycles. The van der Waals surface area contributed by atoms with Crippen molar-refractivity contribution in [3.05, 3.63) is 38.7 Å². The third-order valence-corrected chi connectivity index (χ3v) is 6.69. The van der Waals surface area contributed by atoms with Crippen LogP contribution in [0.25, 0.3) is 0 Å². The van der Waals surface area contributed by atoms with E-state index >= 15 is 0 Å². The lowest BCUT2D eigenvalue weighted by Crippen LogP contribution is -2.44. The van der Waals surface area contributed by atoms with Gasteiger partial charge in [0, 0.05) is 37.0 Å². The molecule has 2 aromatic heterocycles. The van der Waals surface area contributed by atoms with E-state index in [1.54, 1.807) is 18.4 Å². The molecule has 3 heterocycles. The van der Waals surface area contributed by atoms with Gasteiger partial charge in [0.1, 0.15) is 5.82 Å². The van der Waals surface area contributed by atoms with E-state index in [1.165, 1.54) is 17.5 Å². The van der Waals surface area contributed by atoms with Crippen molar-refractivity contribution >= 4 is 17.4 Å². The highest BCUT2D eigenvalue weighted by atomic mass is 32.1. The number of carbonyl (C=O) groups is 1. The molecule has 146 valence electrons. The van der Waals surface area contributed by atoms with Crippen LogP contribution in [0.15, 0.2) is 22.3 Å². The third kappa shape index (κ3) is 3.81. The molecule has 2 aromatic rings. The number of rotatable bonds is 4.